The van der Waals surface area contributed by atoms with E-state index in [1.54, 1.807) is 0 Å². The Labute approximate surface area is 76.6 Å². The summed E-state index contributed by atoms with van der Waals surface area (Å²) in [5, 5.41) is 7.71. The van der Waals surface area contributed by atoms with Gasteiger partial charge in [0, 0.05) is 6.07 Å². The number of nitrogens with zero attached hydrogens (tertiary/aromatic N) is 2. The monoisotopic (exact) mass is 206 g/mol. The first-order valence-corrected chi connectivity index (χ1v) is 3.48. The zero-order chi connectivity index (χ0) is 10.0. The van der Waals surface area contributed by atoms with Gasteiger partial charge in [0.25, 0.3) is 6.43 Å². The Morgan fingerprint density at radius 3 is 2.62 bits per heavy atom. The maximum atomic E-state index is 12.5. The van der Waals surface area contributed by atoms with Crippen LogP contribution in [0.5, 0.6) is 0 Å². The third kappa shape index (κ3) is 1.90. The molecule has 0 radical (unpaired) electrons. The van der Waals surface area contributed by atoms with Crippen LogP contribution in [0.1, 0.15) is 17.6 Å². The summed E-state index contributed by atoms with van der Waals surface area (Å²) in [6, 6.07) is 2.03. The molecule has 0 fully saturated rings. The Morgan fingerprint density at radius 1 is 1.54 bits per heavy atom. The number of hydrogen-bond donors (Lipinski definition) is 0. The highest BCUT2D eigenvalue weighted by Gasteiger charge is 2.19. The SMILES string of the molecule is N#Cc1cc(F)nc(Cl)c1C(F)F. The van der Waals surface area contributed by atoms with Crippen molar-refractivity contribution >= 4 is 11.6 Å². The van der Waals surface area contributed by atoms with Gasteiger partial charge >= 0.3 is 0 Å². The molecule has 0 bridgehead atoms. The van der Waals surface area contributed by atoms with Gasteiger partial charge in [-0.25, -0.2) is 13.8 Å². The van der Waals surface area contributed by atoms with Crippen LogP contribution in [0.15, 0.2) is 6.07 Å². The number of pyridine rings is 1. The minimum Gasteiger partial charge on any atom is -0.207 e. The smallest absolute Gasteiger partial charge is 0.207 e. The van der Waals surface area contributed by atoms with Gasteiger partial charge in [0.2, 0.25) is 5.95 Å². The summed E-state index contributed by atoms with van der Waals surface area (Å²) in [6.07, 6.45) is -2.93. The Hall–Kier alpha value is -1.28. The summed E-state index contributed by atoms with van der Waals surface area (Å²) in [5.41, 5.74) is -1.22. The first-order valence-electron chi connectivity index (χ1n) is 3.10. The molecule has 0 unspecified atom stereocenters. The van der Waals surface area contributed by atoms with Crippen molar-refractivity contribution in [2.24, 2.45) is 0 Å². The summed E-state index contributed by atoms with van der Waals surface area (Å²) < 4.78 is 36.9. The van der Waals surface area contributed by atoms with E-state index in [-0.39, 0.29) is 0 Å². The van der Waals surface area contributed by atoms with E-state index in [1.807, 2.05) is 0 Å². The Kier molecular flexibility index (Phi) is 2.73. The highest BCUT2D eigenvalue weighted by atomic mass is 35.5. The molecule has 2 nitrogen and oxygen atoms in total. The molecule has 1 aromatic rings. The highest BCUT2D eigenvalue weighted by Crippen LogP contribution is 2.28. The second-order valence-electron chi connectivity index (χ2n) is 2.11. The fourth-order valence-electron chi connectivity index (χ4n) is 0.794. The normalized spacial score (nSPS) is 10.2. The van der Waals surface area contributed by atoms with Crippen LogP contribution < -0.4 is 0 Å². The van der Waals surface area contributed by atoms with Gasteiger partial charge in [-0.1, -0.05) is 11.6 Å². The molecule has 1 heterocycles. The molecule has 0 saturated heterocycles. The van der Waals surface area contributed by atoms with Crippen LogP contribution in [0.25, 0.3) is 0 Å². The van der Waals surface area contributed by atoms with Crippen molar-refractivity contribution in [1.82, 2.24) is 4.98 Å². The van der Waals surface area contributed by atoms with Gasteiger partial charge in [-0.3, -0.25) is 0 Å². The standard InChI is InChI=1S/C7H2ClF3N2/c8-6-5(7(10)11)3(2-12)1-4(9)13-6/h1,7H. The number of rotatable bonds is 1. The lowest BCUT2D eigenvalue weighted by Gasteiger charge is -2.03. The van der Waals surface area contributed by atoms with E-state index in [0.717, 1.165) is 0 Å². The summed E-state index contributed by atoms with van der Waals surface area (Å²) >= 11 is 5.23. The summed E-state index contributed by atoms with van der Waals surface area (Å²) in [4.78, 5) is 2.97. The predicted octanol–water partition coefficient (Wildman–Crippen LogP) is 2.68. The molecule has 0 aliphatic heterocycles. The molecule has 68 valence electrons. The highest BCUT2D eigenvalue weighted by molar-refractivity contribution is 6.30. The van der Waals surface area contributed by atoms with Crippen molar-refractivity contribution < 1.29 is 13.2 Å². The topological polar surface area (TPSA) is 36.7 Å². The van der Waals surface area contributed by atoms with Gasteiger partial charge < -0.3 is 0 Å². The maximum absolute atomic E-state index is 12.5. The van der Waals surface area contributed by atoms with Crippen LogP contribution in [-0.4, -0.2) is 4.98 Å². The molecule has 0 saturated carbocycles. The quantitative estimate of drug-likeness (QED) is 0.663. The van der Waals surface area contributed by atoms with Crippen LogP contribution in [0, 0.1) is 17.3 Å². The molecule has 0 aromatic carbocycles. The molecular weight excluding hydrogens is 205 g/mol. The maximum Gasteiger partial charge on any atom is 0.268 e. The second kappa shape index (κ2) is 3.62. The van der Waals surface area contributed by atoms with Gasteiger partial charge in [0.1, 0.15) is 5.15 Å². The zero-order valence-electron chi connectivity index (χ0n) is 6.06. The van der Waals surface area contributed by atoms with Crippen LogP contribution in [0.4, 0.5) is 13.2 Å². The summed E-state index contributed by atoms with van der Waals surface area (Å²) in [7, 11) is 0. The van der Waals surface area contributed by atoms with Crippen molar-refractivity contribution in [2.75, 3.05) is 0 Å². The van der Waals surface area contributed by atoms with Crippen molar-refractivity contribution in [3.05, 3.63) is 28.3 Å². The third-order valence-corrected chi connectivity index (χ3v) is 1.61. The fraction of sp³-hybridized carbons (Fsp3) is 0.143. The lowest BCUT2D eigenvalue weighted by Crippen LogP contribution is -1.97. The van der Waals surface area contributed by atoms with Crippen molar-refractivity contribution in [3.63, 3.8) is 0 Å². The van der Waals surface area contributed by atoms with E-state index < -0.39 is 28.7 Å². The first-order chi connectivity index (χ1) is 6.06. The predicted molar refractivity (Wildman–Crippen MR) is 38.9 cm³/mol. The van der Waals surface area contributed by atoms with Gasteiger partial charge in [-0.15, -0.1) is 0 Å². The fourth-order valence-corrected chi connectivity index (χ4v) is 1.06. The number of alkyl halides is 2. The van der Waals surface area contributed by atoms with Crippen LogP contribution in [-0.2, 0) is 0 Å². The Balaban J connectivity index is 3.41. The zero-order valence-corrected chi connectivity index (χ0v) is 6.82. The van der Waals surface area contributed by atoms with Gasteiger partial charge in [0.15, 0.2) is 0 Å². The van der Waals surface area contributed by atoms with E-state index in [2.05, 4.69) is 4.98 Å². The molecule has 0 spiro atoms. The third-order valence-electron chi connectivity index (χ3n) is 1.32. The Morgan fingerprint density at radius 2 is 2.15 bits per heavy atom. The summed E-state index contributed by atoms with van der Waals surface area (Å²) in [6.45, 7) is 0. The minimum atomic E-state index is -2.93. The molecule has 6 heteroatoms. The van der Waals surface area contributed by atoms with Gasteiger partial charge in [-0.05, 0) is 0 Å². The average molecular weight is 207 g/mol. The molecule has 1 aromatic heterocycles. The van der Waals surface area contributed by atoms with Crippen LogP contribution >= 0.6 is 11.6 Å². The molecule has 0 amide bonds. The van der Waals surface area contributed by atoms with Crippen molar-refractivity contribution in [1.29, 1.82) is 5.26 Å². The van der Waals surface area contributed by atoms with E-state index in [1.165, 1.54) is 6.07 Å². The lowest BCUT2D eigenvalue weighted by atomic mass is 10.1. The van der Waals surface area contributed by atoms with E-state index in [4.69, 9.17) is 16.9 Å². The molecule has 0 aliphatic rings. The van der Waals surface area contributed by atoms with Crippen LogP contribution in [0.3, 0.4) is 0 Å². The average Bonchev–Trinajstić information content (AvgIpc) is 2.01. The largest absolute Gasteiger partial charge is 0.268 e. The Bertz CT molecular complexity index is 373. The minimum absolute atomic E-state index is 0.493. The molecule has 0 aliphatic carbocycles. The van der Waals surface area contributed by atoms with Crippen molar-refractivity contribution in [2.45, 2.75) is 6.43 Å². The molecule has 0 N–H and O–H groups in total. The van der Waals surface area contributed by atoms with Crippen molar-refractivity contribution in [3.8, 4) is 6.07 Å². The van der Waals surface area contributed by atoms with Crippen LogP contribution in [0.2, 0.25) is 5.15 Å². The summed E-state index contributed by atoms with van der Waals surface area (Å²) in [5.74, 6) is -1.05. The molecular formula is C7H2ClF3N2. The number of hydrogen-bond acceptors (Lipinski definition) is 2. The number of halogens is 4. The van der Waals surface area contributed by atoms with E-state index >= 15 is 0 Å². The van der Waals surface area contributed by atoms with E-state index in [0.29, 0.717) is 6.07 Å². The molecule has 1 rings (SSSR count). The second-order valence-corrected chi connectivity index (χ2v) is 2.47. The van der Waals surface area contributed by atoms with Gasteiger partial charge in [-0.2, -0.15) is 9.65 Å². The lowest BCUT2D eigenvalue weighted by molar-refractivity contribution is 0.150. The van der Waals surface area contributed by atoms with E-state index in [9.17, 15) is 13.2 Å². The molecule has 0 atom stereocenters. The first kappa shape index (κ1) is 9.81. The van der Waals surface area contributed by atoms with Gasteiger partial charge in [0.05, 0.1) is 17.2 Å². The number of aromatic nitrogens is 1. The number of nitriles is 1. The molecule has 13 heavy (non-hydrogen) atoms.